The molecular weight excluding hydrogens is 442 g/mol. The molecule has 25 heavy (non-hydrogen) atoms. The molecule has 0 aliphatic carbocycles. The van der Waals surface area contributed by atoms with Gasteiger partial charge in [-0.2, -0.15) is 0 Å². The minimum Gasteiger partial charge on any atom is -1.00 e. The average Bonchev–Trinajstić information content (AvgIpc) is 2.54. The molecule has 0 heterocycles. The van der Waals surface area contributed by atoms with Gasteiger partial charge in [0.05, 0.1) is 20.6 Å². The molecule has 2 nitrogen and oxygen atoms in total. The maximum atomic E-state index is 9.75. The van der Waals surface area contributed by atoms with Crippen LogP contribution in [0.15, 0.2) is 0 Å². The summed E-state index contributed by atoms with van der Waals surface area (Å²) >= 11 is 3.35. The van der Waals surface area contributed by atoms with Crippen LogP contribution < -0.4 is 17.0 Å². The zero-order chi connectivity index (χ0) is 18.1. The number of aliphatic hydroxyl groups is 1. The van der Waals surface area contributed by atoms with E-state index >= 15 is 0 Å². The van der Waals surface area contributed by atoms with Gasteiger partial charge in [0.2, 0.25) is 0 Å². The third-order valence-corrected chi connectivity index (χ3v) is 5.75. The smallest absolute Gasteiger partial charge is 0.112 e. The highest BCUT2D eigenvalue weighted by Crippen LogP contribution is 2.13. The summed E-state index contributed by atoms with van der Waals surface area (Å²) in [5.41, 5.74) is 0. The van der Waals surface area contributed by atoms with Crippen LogP contribution in [0.1, 0.15) is 96.8 Å². The van der Waals surface area contributed by atoms with Gasteiger partial charge in [-0.05, 0) is 12.8 Å². The minimum atomic E-state index is -0.216. The van der Waals surface area contributed by atoms with Crippen LogP contribution in [0.3, 0.4) is 0 Å². The number of halogens is 2. The van der Waals surface area contributed by atoms with Crippen molar-refractivity contribution in [2.75, 3.05) is 32.5 Å². The van der Waals surface area contributed by atoms with E-state index in [2.05, 4.69) is 36.9 Å². The van der Waals surface area contributed by atoms with Crippen molar-refractivity contribution in [3.63, 3.8) is 0 Å². The lowest BCUT2D eigenvalue weighted by atomic mass is 10.0. The van der Waals surface area contributed by atoms with Crippen molar-refractivity contribution in [1.82, 2.24) is 0 Å². The van der Waals surface area contributed by atoms with E-state index in [0.29, 0.717) is 5.33 Å². The Kier molecular flexibility index (Phi) is 22.1. The first-order valence-electron chi connectivity index (χ1n) is 10.6. The first kappa shape index (κ1) is 28.1. The van der Waals surface area contributed by atoms with Crippen molar-refractivity contribution in [1.29, 1.82) is 0 Å². The van der Waals surface area contributed by atoms with Gasteiger partial charge in [-0.15, -0.1) is 0 Å². The monoisotopic (exact) mass is 485 g/mol. The highest BCUT2D eigenvalue weighted by atomic mass is 79.9. The van der Waals surface area contributed by atoms with Crippen LogP contribution in [0, 0.1) is 0 Å². The number of likely N-dealkylation sites (N-methyl/N-ethyl adjacent to an activating group) is 1. The lowest BCUT2D eigenvalue weighted by Crippen LogP contribution is -3.00. The Hall–Kier alpha value is 0.880. The molecular formula is C21H45Br2NO. The van der Waals surface area contributed by atoms with Crippen molar-refractivity contribution in [3.8, 4) is 0 Å². The van der Waals surface area contributed by atoms with Crippen LogP contribution in [-0.4, -0.2) is 48.2 Å². The van der Waals surface area contributed by atoms with E-state index in [0.717, 1.165) is 11.0 Å². The summed E-state index contributed by atoms with van der Waals surface area (Å²) < 4.78 is 0.936. The standard InChI is InChI=1S/C21H45BrNO.BrH/c1-4-5-6-7-8-9-10-11-12-13-14-15-16-17-18-23(2,3)20-21(24)19-22;/h21,24H,4-20H2,1-3H3;1H/q+1;/p-1. The molecule has 154 valence electrons. The number of nitrogens with zero attached hydrogens (tertiary/aromatic N) is 1. The van der Waals surface area contributed by atoms with E-state index < -0.39 is 0 Å². The quantitative estimate of drug-likeness (QED) is 0.179. The summed E-state index contributed by atoms with van der Waals surface area (Å²) in [5.74, 6) is 0. The van der Waals surface area contributed by atoms with Gasteiger partial charge in [0.15, 0.2) is 0 Å². The van der Waals surface area contributed by atoms with E-state index in [4.69, 9.17) is 0 Å². The lowest BCUT2D eigenvalue weighted by molar-refractivity contribution is -0.893. The zero-order valence-corrected chi connectivity index (χ0v) is 20.4. The largest absolute Gasteiger partial charge is 1.00 e. The summed E-state index contributed by atoms with van der Waals surface area (Å²) in [6, 6.07) is 0. The molecule has 0 amide bonds. The van der Waals surface area contributed by atoms with Crippen molar-refractivity contribution in [2.24, 2.45) is 0 Å². The van der Waals surface area contributed by atoms with E-state index in [-0.39, 0.29) is 23.1 Å². The molecule has 0 aliphatic rings. The predicted octanol–water partition coefficient (Wildman–Crippen LogP) is 3.30. The van der Waals surface area contributed by atoms with E-state index in [1.54, 1.807) is 0 Å². The van der Waals surface area contributed by atoms with Crippen molar-refractivity contribution in [2.45, 2.75) is 103 Å². The SMILES string of the molecule is CCCCCCCCCCCCCCCC[N+](C)(C)CC(O)CBr.[Br-]. The summed E-state index contributed by atoms with van der Waals surface area (Å²) in [6.45, 7) is 4.32. The minimum absolute atomic E-state index is 0. The van der Waals surface area contributed by atoms with E-state index in [9.17, 15) is 5.11 Å². The summed E-state index contributed by atoms with van der Waals surface area (Å²) in [5, 5.41) is 10.4. The molecule has 0 radical (unpaired) electrons. The fourth-order valence-electron chi connectivity index (χ4n) is 3.44. The molecule has 0 aromatic carbocycles. The summed E-state index contributed by atoms with van der Waals surface area (Å²) in [6.07, 6.45) is 19.6. The van der Waals surface area contributed by atoms with Crippen LogP contribution in [0.5, 0.6) is 0 Å². The molecule has 0 saturated heterocycles. The maximum Gasteiger partial charge on any atom is 0.112 e. The Labute approximate surface area is 177 Å². The number of hydrogen-bond acceptors (Lipinski definition) is 1. The summed E-state index contributed by atoms with van der Waals surface area (Å²) in [4.78, 5) is 0. The molecule has 0 spiro atoms. The second-order valence-electron chi connectivity index (χ2n) is 8.25. The Morgan fingerprint density at radius 3 is 1.44 bits per heavy atom. The Morgan fingerprint density at radius 1 is 0.720 bits per heavy atom. The molecule has 0 aromatic rings. The third-order valence-electron chi connectivity index (χ3n) is 5.00. The molecule has 0 fully saturated rings. The van der Waals surface area contributed by atoms with Crippen molar-refractivity contribution in [3.05, 3.63) is 0 Å². The Balaban J connectivity index is 0. The molecule has 1 N–H and O–H groups in total. The number of hydrogen-bond donors (Lipinski definition) is 1. The van der Waals surface area contributed by atoms with E-state index in [1.807, 2.05) is 0 Å². The number of aliphatic hydroxyl groups excluding tert-OH is 1. The van der Waals surface area contributed by atoms with Gasteiger partial charge in [0, 0.05) is 5.33 Å². The number of rotatable bonds is 18. The normalized spacial score (nSPS) is 12.8. The second-order valence-corrected chi connectivity index (χ2v) is 8.89. The Morgan fingerprint density at radius 2 is 1.08 bits per heavy atom. The lowest BCUT2D eigenvalue weighted by Gasteiger charge is -2.31. The number of alkyl halides is 1. The van der Waals surface area contributed by atoms with Gasteiger partial charge in [-0.1, -0.05) is 99.9 Å². The Bertz CT molecular complexity index is 262. The van der Waals surface area contributed by atoms with Crippen LogP contribution in [0.4, 0.5) is 0 Å². The van der Waals surface area contributed by atoms with Crippen LogP contribution in [-0.2, 0) is 0 Å². The van der Waals surface area contributed by atoms with Gasteiger partial charge in [0.25, 0.3) is 0 Å². The van der Waals surface area contributed by atoms with Crippen LogP contribution >= 0.6 is 15.9 Å². The number of unbranched alkanes of at least 4 members (excludes halogenated alkanes) is 13. The molecule has 1 atom stereocenters. The highest BCUT2D eigenvalue weighted by Gasteiger charge is 2.18. The van der Waals surface area contributed by atoms with Gasteiger partial charge in [-0.3, -0.25) is 0 Å². The number of quaternary nitrogens is 1. The van der Waals surface area contributed by atoms with Gasteiger partial charge in [0.1, 0.15) is 12.6 Å². The summed E-state index contributed by atoms with van der Waals surface area (Å²) in [7, 11) is 4.46. The third kappa shape index (κ3) is 21.0. The molecule has 0 saturated carbocycles. The van der Waals surface area contributed by atoms with Gasteiger partial charge in [-0.25, -0.2) is 0 Å². The van der Waals surface area contributed by atoms with E-state index in [1.165, 1.54) is 96.4 Å². The molecule has 0 aliphatic heterocycles. The molecule has 0 rings (SSSR count). The zero-order valence-electron chi connectivity index (χ0n) is 17.2. The molecule has 0 aromatic heterocycles. The highest BCUT2D eigenvalue weighted by molar-refractivity contribution is 9.09. The van der Waals surface area contributed by atoms with Crippen molar-refractivity contribution < 1.29 is 26.6 Å². The fourth-order valence-corrected chi connectivity index (χ4v) is 3.65. The second kappa shape index (κ2) is 19.6. The van der Waals surface area contributed by atoms with Crippen LogP contribution in [0.25, 0.3) is 0 Å². The fraction of sp³-hybridized carbons (Fsp3) is 1.00. The van der Waals surface area contributed by atoms with Gasteiger partial charge >= 0.3 is 0 Å². The van der Waals surface area contributed by atoms with Crippen LogP contribution in [0.2, 0.25) is 0 Å². The van der Waals surface area contributed by atoms with Crippen molar-refractivity contribution >= 4 is 15.9 Å². The predicted molar refractivity (Wildman–Crippen MR) is 112 cm³/mol. The first-order chi connectivity index (χ1) is 11.5. The molecule has 0 bridgehead atoms. The first-order valence-corrected chi connectivity index (χ1v) is 11.7. The molecule has 4 heteroatoms. The van der Waals surface area contributed by atoms with Gasteiger partial charge < -0.3 is 26.6 Å². The average molecular weight is 487 g/mol. The maximum absolute atomic E-state index is 9.75. The molecule has 1 unspecified atom stereocenters. The topological polar surface area (TPSA) is 20.2 Å².